The summed E-state index contributed by atoms with van der Waals surface area (Å²) >= 11 is 0. The van der Waals surface area contributed by atoms with Gasteiger partial charge < -0.3 is 10.0 Å². The normalized spacial score (nSPS) is 24.2. The molecule has 0 spiro atoms. The van der Waals surface area contributed by atoms with Gasteiger partial charge in [0.25, 0.3) is 0 Å². The predicted molar refractivity (Wildman–Crippen MR) is 87.8 cm³/mol. The summed E-state index contributed by atoms with van der Waals surface area (Å²) in [7, 11) is 0. The Kier molecular flexibility index (Phi) is 3.45. The quantitative estimate of drug-likeness (QED) is 0.697. The molecule has 0 saturated carbocycles. The molecule has 120 valence electrons. The van der Waals surface area contributed by atoms with Crippen molar-refractivity contribution < 1.29 is 9.50 Å². The number of rotatable bonds is 3. The van der Waals surface area contributed by atoms with E-state index in [-0.39, 0.29) is 5.75 Å². The Bertz CT molecular complexity index is 713. The third-order valence-electron chi connectivity index (χ3n) is 4.89. The molecule has 1 N–H and O–H groups in total. The van der Waals surface area contributed by atoms with Gasteiger partial charge in [-0.1, -0.05) is 6.07 Å². The van der Waals surface area contributed by atoms with Gasteiger partial charge in [0.05, 0.1) is 11.7 Å². The van der Waals surface area contributed by atoms with Gasteiger partial charge >= 0.3 is 0 Å². The first-order chi connectivity index (χ1) is 11.1. The number of pyridine rings is 1. The fourth-order valence-corrected chi connectivity index (χ4v) is 3.64. The molecule has 0 aliphatic carbocycles. The lowest BCUT2D eigenvalue weighted by Gasteiger charge is -2.16. The van der Waals surface area contributed by atoms with E-state index in [2.05, 4.69) is 21.7 Å². The molecule has 1 unspecified atom stereocenters. The van der Waals surface area contributed by atoms with Gasteiger partial charge in [0.1, 0.15) is 11.9 Å². The van der Waals surface area contributed by atoms with E-state index in [9.17, 15) is 9.50 Å². The van der Waals surface area contributed by atoms with Crippen LogP contribution in [0, 0.1) is 5.95 Å². The number of aromatic hydroxyl groups is 1. The molecule has 2 atom stereocenters. The fourth-order valence-electron chi connectivity index (χ4n) is 3.64. The first-order valence-corrected chi connectivity index (χ1v) is 8.12. The maximum atomic E-state index is 13.0. The van der Waals surface area contributed by atoms with Gasteiger partial charge in [-0.25, -0.2) is 4.98 Å². The van der Waals surface area contributed by atoms with Crippen LogP contribution in [0.4, 0.5) is 10.1 Å². The zero-order valence-electron chi connectivity index (χ0n) is 13.1. The van der Waals surface area contributed by atoms with Crippen molar-refractivity contribution in [1.29, 1.82) is 0 Å². The van der Waals surface area contributed by atoms with Crippen molar-refractivity contribution in [1.82, 2.24) is 9.88 Å². The van der Waals surface area contributed by atoms with E-state index in [1.165, 1.54) is 25.1 Å². The summed E-state index contributed by atoms with van der Waals surface area (Å²) in [5, 5.41) is 10.3. The summed E-state index contributed by atoms with van der Waals surface area (Å²) in [5.74, 6) is -0.196. The largest absolute Gasteiger partial charge is 0.506 e. The van der Waals surface area contributed by atoms with Crippen LogP contribution in [0.25, 0.3) is 11.1 Å². The highest BCUT2D eigenvalue weighted by Crippen LogP contribution is 2.44. The van der Waals surface area contributed by atoms with Crippen LogP contribution in [-0.4, -0.2) is 40.3 Å². The number of phenols is 1. The molecule has 0 amide bonds. The molecule has 0 radical (unpaired) electrons. The topological polar surface area (TPSA) is 39.4 Å². The van der Waals surface area contributed by atoms with E-state index >= 15 is 0 Å². The average molecular weight is 313 g/mol. The number of anilines is 1. The van der Waals surface area contributed by atoms with Crippen LogP contribution in [-0.2, 0) is 0 Å². The minimum absolute atomic E-state index is 0.289. The highest BCUT2D eigenvalue weighted by molar-refractivity contribution is 5.74. The summed E-state index contributed by atoms with van der Waals surface area (Å²) in [6.07, 6.45) is 4.41. The minimum atomic E-state index is -0.485. The van der Waals surface area contributed by atoms with Crippen LogP contribution in [0.2, 0.25) is 0 Å². The summed E-state index contributed by atoms with van der Waals surface area (Å²) < 4.78 is 13.0. The van der Waals surface area contributed by atoms with Crippen LogP contribution >= 0.6 is 0 Å². The molecule has 2 aliphatic rings. The van der Waals surface area contributed by atoms with E-state index in [0.29, 0.717) is 12.2 Å². The average Bonchev–Trinajstić information content (AvgIpc) is 2.98. The van der Waals surface area contributed by atoms with Crippen LogP contribution in [0.1, 0.15) is 19.8 Å². The van der Waals surface area contributed by atoms with Gasteiger partial charge in [-0.2, -0.15) is 4.39 Å². The number of hydrogen-bond acceptors (Lipinski definition) is 4. The van der Waals surface area contributed by atoms with Gasteiger partial charge in [-0.3, -0.25) is 4.90 Å². The van der Waals surface area contributed by atoms with E-state index in [0.717, 1.165) is 29.9 Å². The standard InChI is InChI=1S/C18H20FN3O/c1-12-18(21-8-2-3-9-21)22(12)15-10-13(4-6-16(15)23)14-5-7-17(19)20-11-14/h4-7,10-12,18,23H,2-3,8-9H2,1H3/t12?,18-,22?/m0/s1. The van der Waals surface area contributed by atoms with Crippen LogP contribution in [0.15, 0.2) is 36.5 Å². The van der Waals surface area contributed by atoms with Gasteiger partial charge in [0.15, 0.2) is 0 Å². The molecule has 3 heterocycles. The molecule has 4 nitrogen and oxygen atoms in total. The summed E-state index contributed by atoms with van der Waals surface area (Å²) in [6, 6.07) is 8.99. The van der Waals surface area contributed by atoms with Crippen molar-refractivity contribution in [2.45, 2.75) is 32.0 Å². The van der Waals surface area contributed by atoms with E-state index in [4.69, 9.17) is 0 Å². The second kappa shape index (κ2) is 5.49. The van der Waals surface area contributed by atoms with Crippen LogP contribution < -0.4 is 4.90 Å². The number of phenolic OH excluding ortho intramolecular Hbond substituents is 1. The molecule has 2 aromatic rings. The monoisotopic (exact) mass is 313 g/mol. The Balaban J connectivity index is 1.64. The van der Waals surface area contributed by atoms with Gasteiger partial charge in [-0.05, 0) is 49.6 Å². The summed E-state index contributed by atoms with van der Waals surface area (Å²) in [5.41, 5.74) is 2.63. The number of benzene rings is 1. The molecule has 5 heteroatoms. The van der Waals surface area contributed by atoms with Crippen molar-refractivity contribution in [3.8, 4) is 16.9 Å². The molecule has 4 rings (SSSR count). The lowest BCUT2D eigenvalue weighted by molar-refractivity contribution is 0.324. The maximum Gasteiger partial charge on any atom is 0.212 e. The van der Waals surface area contributed by atoms with Crippen molar-refractivity contribution in [3.05, 3.63) is 42.5 Å². The molecule has 23 heavy (non-hydrogen) atoms. The summed E-state index contributed by atoms with van der Waals surface area (Å²) in [4.78, 5) is 8.44. The molecule has 2 aliphatic heterocycles. The highest BCUT2D eigenvalue weighted by atomic mass is 19.1. The van der Waals surface area contributed by atoms with Gasteiger partial charge in [0.2, 0.25) is 5.95 Å². The lowest BCUT2D eigenvalue weighted by Crippen LogP contribution is -2.26. The molecular formula is C18H20FN3O. The third-order valence-corrected chi connectivity index (χ3v) is 4.89. The van der Waals surface area contributed by atoms with Crippen molar-refractivity contribution in [2.75, 3.05) is 18.0 Å². The number of halogens is 1. The van der Waals surface area contributed by atoms with Gasteiger partial charge in [-0.15, -0.1) is 0 Å². The number of hydrogen-bond donors (Lipinski definition) is 1. The first-order valence-electron chi connectivity index (χ1n) is 8.12. The Morgan fingerprint density at radius 2 is 1.87 bits per heavy atom. The Labute approximate surface area is 135 Å². The molecule has 2 fully saturated rings. The molecule has 0 bridgehead atoms. The summed E-state index contributed by atoms with van der Waals surface area (Å²) in [6.45, 7) is 4.45. The first kappa shape index (κ1) is 14.5. The Morgan fingerprint density at radius 1 is 1.13 bits per heavy atom. The smallest absolute Gasteiger partial charge is 0.212 e. The third kappa shape index (κ3) is 2.55. The zero-order chi connectivity index (χ0) is 16.0. The van der Waals surface area contributed by atoms with Crippen molar-refractivity contribution >= 4 is 5.69 Å². The minimum Gasteiger partial charge on any atom is -0.506 e. The second-order valence-corrected chi connectivity index (χ2v) is 6.38. The Morgan fingerprint density at radius 3 is 2.57 bits per heavy atom. The van der Waals surface area contributed by atoms with E-state index in [1.54, 1.807) is 12.1 Å². The number of nitrogens with zero attached hydrogens (tertiary/aromatic N) is 3. The fraction of sp³-hybridized carbons (Fsp3) is 0.389. The van der Waals surface area contributed by atoms with Crippen molar-refractivity contribution in [3.63, 3.8) is 0 Å². The predicted octanol–water partition coefficient (Wildman–Crippen LogP) is 3.22. The van der Waals surface area contributed by atoms with Crippen molar-refractivity contribution in [2.24, 2.45) is 0 Å². The molecule has 2 saturated heterocycles. The molecule has 1 aromatic carbocycles. The number of likely N-dealkylation sites (tertiary alicyclic amines) is 1. The Hall–Kier alpha value is -2.14. The lowest BCUT2D eigenvalue weighted by atomic mass is 10.1. The zero-order valence-corrected chi connectivity index (χ0v) is 13.1. The number of aromatic nitrogens is 1. The van der Waals surface area contributed by atoms with E-state index in [1.807, 2.05) is 12.1 Å². The SMILES string of the molecule is CC1[C@@H](N2CCCC2)N1c1cc(-c2ccc(F)nc2)ccc1O. The molecular weight excluding hydrogens is 293 g/mol. The van der Waals surface area contributed by atoms with Crippen LogP contribution in [0.5, 0.6) is 5.75 Å². The second-order valence-electron chi connectivity index (χ2n) is 6.38. The highest BCUT2D eigenvalue weighted by Gasteiger charge is 2.49. The van der Waals surface area contributed by atoms with Crippen LogP contribution in [0.3, 0.4) is 0 Å². The van der Waals surface area contributed by atoms with Gasteiger partial charge in [0, 0.05) is 24.8 Å². The van der Waals surface area contributed by atoms with E-state index < -0.39 is 5.95 Å². The molecule has 1 aromatic heterocycles. The maximum absolute atomic E-state index is 13.0.